The van der Waals surface area contributed by atoms with E-state index in [1.807, 2.05) is 37.3 Å². The molecule has 124 valence electrons. The van der Waals surface area contributed by atoms with Crippen LogP contribution in [-0.4, -0.2) is 41.5 Å². The van der Waals surface area contributed by atoms with E-state index in [0.29, 0.717) is 5.75 Å². The van der Waals surface area contributed by atoms with Crippen molar-refractivity contribution in [3.05, 3.63) is 35.9 Å². The number of thioether (sulfide) groups is 1. The Morgan fingerprint density at radius 1 is 1.35 bits per heavy atom. The van der Waals surface area contributed by atoms with Gasteiger partial charge in [-0.3, -0.25) is 4.79 Å². The second-order valence-electron chi connectivity index (χ2n) is 5.77. The molecule has 0 aromatic heterocycles. The summed E-state index contributed by atoms with van der Waals surface area (Å²) in [6.45, 7) is 2.12. The number of hydrogen-bond acceptors (Lipinski definition) is 4. The second kappa shape index (κ2) is 6.35. The van der Waals surface area contributed by atoms with Gasteiger partial charge in [-0.2, -0.15) is 0 Å². The van der Waals surface area contributed by atoms with E-state index in [4.69, 9.17) is 4.74 Å². The summed E-state index contributed by atoms with van der Waals surface area (Å²) in [5, 5.41) is -0.130. The van der Waals surface area contributed by atoms with Gasteiger partial charge in [0.15, 0.2) is 3.23 Å². The number of alkyl halides is 3. The van der Waals surface area contributed by atoms with Crippen LogP contribution in [0.15, 0.2) is 30.3 Å². The summed E-state index contributed by atoms with van der Waals surface area (Å²) in [7, 11) is 0. The Balaban J connectivity index is 1.75. The number of benzene rings is 1. The van der Waals surface area contributed by atoms with Crippen molar-refractivity contribution in [1.82, 2.24) is 4.90 Å². The van der Waals surface area contributed by atoms with Crippen LogP contribution in [-0.2, 0) is 20.9 Å². The van der Waals surface area contributed by atoms with Crippen LogP contribution in [0, 0.1) is 0 Å². The van der Waals surface area contributed by atoms with Crippen molar-refractivity contribution in [3.63, 3.8) is 0 Å². The number of nitrogens with zero attached hydrogens (tertiary/aromatic N) is 1. The van der Waals surface area contributed by atoms with Crippen LogP contribution in [0.5, 0.6) is 0 Å². The van der Waals surface area contributed by atoms with Crippen molar-refractivity contribution in [2.24, 2.45) is 0 Å². The summed E-state index contributed by atoms with van der Waals surface area (Å²) < 4.78 is 4.16. The third-order valence-corrected chi connectivity index (χ3v) is 8.80. The van der Waals surface area contributed by atoms with E-state index in [0.717, 1.165) is 5.56 Å². The van der Waals surface area contributed by atoms with Gasteiger partial charge in [0.2, 0.25) is 0 Å². The summed E-state index contributed by atoms with van der Waals surface area (Å²) in [5.41, 5.74) is 0.920. The van der Waals surface area contributed by atoms with Gasteiger partial charge in [-0.25, -0.2) is 4.79 Å². The van der Waals surface area contributed by atoms with Gasteiger partial charge in [0.1, 0.15) is 18.0 Å². The van der Waals surface area contributed by atoms with Gasteiger partial charge in [0.05, 0.1) is 4.32 Å². The lowest BCUT2D eigenvalue weighted by molar-refractivity contribution is -0.164. The number of carbonyl (C=O) groups excluding carboxylic acids is 2. The Kier molecular flexibility index (Phi) is 4.90. The summed E-state index contributed by atoms with van der Waals surface area (Å²) in [6, 6.07) is 8.86. The van der Waals surface area contributed by atoms with Gasteiger partial charge in [-0.05, 0) is 12.5 Å². The zero-order valence-corrected chi connectivity index (χ0v) is 17.7. The maximum absolute atomic E-state index is 12.6. The van der Waals surface area contributed by atoms with E-state index in [-0.39, 0.29) is 23.9 Å². The highest BCUT2D eigenvalue weighted by Gasteiger charge is 2.67. The molecule has 8 heteroatoms. The molecule has 0 aliphatic carbocycles. The molecule has 0 spiro atoms. The maximum atomic E-state index is 12.6. The molecular formula is C15H14Br3NO3S. The Morgan fingerprint density at radius 2 is 2.00 bits per heavy atom. The standard InChI is InChI=1S/C15H14Br3NO3S/c1-14(16)8-23-13-15(17,18)12(21)19(13)10(14)11(20)22-7-9-5-3-2-4-6-9/h2-6,10,13H,7-8H2,1H3/t10?,13-,14?/m0/s1. The minimum Gasteiger partial charge on any atom is -0.459 e. The van der Waals surface area contributed by atoms with Crippen molar-refractivity contribution >= 4 is 71.4 Å². The molecule has 1 aromatic carbocycles. The monoisotopic (exact) mass is 525 g/mol. The number of β-lactam (4-membered cyclic amide) rings is 1. The predicted octanol–water partition coefficient (Wildman–Crippen LogP) is 3.65. The number of halogens is 3. The molecule has 2 saturated heterocycles. The van der Waals surface area contributed by atoms with Crippen LogP contribution in [0.1, 0.15) is 12.5 Å². The third-order valence-electron chi connectivity index (χ3n) is 3.90. The van der Waals surface area contributed by atoms with Crippen LogP contribution in [0.4, 0.5) is 0 Å². The molecule has 0 bridgehead atoms. The molecule has 0 saturated carbocycles. The molecule has 0 N–H and O–H groups in total. The number of carbonyl (C=O) groups is 2. The quantitative estimate of drug-likeness (QED) is 0.342. The van der Waals surface area contributed by atoms with Crippen LogP contribution in [0.3, 0.4) is 0 Å². The summed E-state index contributed by atoms with van der Waals surface area (Å²) in [6.07, 6.45) is 0. The third kappa shape index (κ3) is 3.12. The zero-order valence-electron chi connectivity index (χ0n) is 12.2. The molecule has 2 aliphatic heterocycles. The van der Waals surface area contributed by atoms with E-state index in [1.165, 1.54) is 0 Å². The van der Waals surface area contributed by atoms with Crippen molar-refractivity contribution in [3.8, 4) is 0 Å². The van der Waals surface area contributed by atoms with Crippen LogP contribution < -0.4 is 0 Å². The van der Waals surface area contributed by atoms with Crippen molar-refractivity contribution in [2.75, 3.05) is 5.75 Å². The molecule has 0 radical (unpaired) electrons. The lowest BCUT2D eigenvalue weighted by Crippen LogP contribution is -2.76. The largest absolute Gasteiger partial charge is 0.459 e. The smallest absolute Gasteiger partial charge is 0.330 e. The number of fused-ring (bicyclic) bond motifs is 1. The normalized spacial score (nSPS) is 32.0. The van der Waals surface area contributed by atoms with Gasteiger partial charge in [-0.1, -0.05) is 78.1 Å². The predicted molar refractivity (Wildman–Crippen MR) is 101 cm³/mol. The zero-order chi connectivity index (χ0) is 16.8. The molecular weight excluding hydrogens is 514 g/mol. The lowest BCUT2D eigenvalue weighted by Gasteiger charge is -2.58. The van der Waals surface area contributed by atoms with E-state index >= 15 is 0 Å². The first-order chi connectivity index (χ1) is 10.7. The second-order valence-corrected chi connectivity index (χ2v) is 12.2. The van der Waals surface area contributed by atoms with Gasteiger partial charge in [0.25, 0.3) is 5.91 Å². The van der Waals surface area contributed by atoms with E-state index in [9.17, 15) is 9.59 Å². The topological polar surface area (TPSA) is 46.6 Å². The SMILES string of the molecule is CC1(Br)CS[C@@H]2N(C(=O)C2(Br)Br)C1C(=O)OCc1ccccc1. The Hall–Kier alpha value is -0.0500. The molecule has 4 nitrogen and oxygen atoms in total. The average molecular weight is 528 g/mol. The fourth-order valence-electron chi connectivity index (χ4n) is 2.71. The van der Waals surface area contributed by atoms with Gasteiger partial charge >= 0.3 is 5.97 Å². The molecule has 1 amide bonds. The van der Waals surface area contributed by atoms with Crippen molar-refractivity contribution in [1.29, 1.82) is 0 Å². The molecule has 2 aliphatic rings. The first kappa shape index (κ1) is 17.8. The van der Waals surface area contributed by atoms with Crippen molar-refractivity contribution < 1.29 is 14.3 Å². The number of rotatable bonds is 3. The molecule has 3 atom stereocenters. The van der Waals surface area contributed by atoms with Gasteiger partial charge in [0, 0.05) is 5.75 Å². The van der Waals surface area contributed by atoms with Gasteiger partial charge < -0.3 is 9.64 Å². The summed E-state index contributed by atoms with van der Waals surface area (Å²) in [5.74, 6) is 0.162. The first-order valence-electron chi connectivity index (χ1n) is 6.97. The van der Waals surface area contributed by atoms with Crippen LogP contribution >= 0.6 is 59.6 Å². The van der Waals surface area contributed by atoms with Crippen molar-refractivity contribution in [2.45, 2.75) is 32.5 Å². The fraction of sp³-hybridized carbons (Fsp3) is 0.467. The highest BCUT2D eigenvalue weighted by Crippen LogP contribution is 2.56. The molecule has 2 fully saturated rings. The van der Waals surface area contributed by atoms with Gasteiger partial charge in [-0.15, -0.1) is 11.8 Å². The highest BCUT2D eigenvalue weighted by atomic mass is 79.9. The summed E-state index contributed by atoms with van der Waals surface area (Å²) >= 11 is 12.0. The minimum atomic E-state index is -0.786. The van der Waals surface area contributed by atoms with E-state index in [1.54, 1.807) is 16.7 Å². The number of esters is 1. The Labute approximate surface area is 164 Å². The highest BCUT2D eigenvalue weighted by molar-refractivity contribution is 9.26. The molecule has 2 heterocycles. The summed E-state index contributed by atoms with van der Waals surface area (Å²) in [4.78, 5) is 26.6. The lowest BCUT2D eigenvalue weighted by atomic mass is 9.97. The maximum Gasteiger partial charge on any atom is 0.330 e. The van der Waals surface area contributed by atoms with E-state index in [2.05, 4.69) is 47.8 Å². The molecule has 2 unspecified atom stereocenters. The Bertz CT molecular complexity index is 638. The Morgan fingerprint density at radius 3 is 2.65 bits per heavy atom. The van der Waals surface area contributed by atoms with Crippen LogP contribution in [0.25, 0.3) is 0 Å². The molecule has 23 heavy (non-hydrogen) atoms. The first-order valence-corrected chi connectivity index (χ1v) is 10.4. The number of amides is 1. The minimum absolute atomic E-state index is 0.130. The molecule has 1 aromatic rings. The van der Waals surface area contributed by atoms with E-state index < -0.39 is 13.6 Å². The molecule has 3 rings (SSSR count). The number of hydrogen-bond donors (Lipinski definition) is 0. The van der Waals surface area contributed by atoms with Crippen LogP contribution in [0.2, 0.25) is 0 Å². The fourth-order valence-corrected chi connectivity index (χ4v) is 6.49. The average Bonchev–Trinajstić information content (AvgIpc) is 2.52. The number of ether oxygens (including phenoxy) is 1.